The van der Waals surface area contributed by atoms with Gasteiger partial charge >= 0.3 is 0 Å². The van der Waals surface area contributed by atoms with E-state index in [1.807, 2.05) is 0 Å². The number of hydrogen-bond acceptors (Lipinski definition) is 3. The minimum atomic E-state index is -0.741. The van der Waals surface area contributed by atoms with Gasteiger partial charge in [-0.2, -0.15) is 0 Å². The summed E-state index contributed by atoms with van der Waals surface area (Å²) in [7, 11) is 0. The lowest BCUT2D eigenvalue weighted by Gasteiger charge is -2.11. The van der Waals surface area contributed by atoms with Crippen LogP contribution in [0, 0.1) is 5.82 Å². The van der Waals surface area contributed by atoms with Gasteiger partial charge in [0.2, 0.25) is 0 Å². The Kier molecular flexibility index (Phi) is 3.81. The molecule has 0 aliphatic carbocycles. The molecule has 5 heteroatoms. The summed E-state index contributed by atoms with van der Waals surface area (Å²) >= 11 is 3.16. The minimum absolute atomic E-state index is 0.311. The van der Waals surface area contributed by atoms with E-state index >= 15 is 0 Å². The van der Waals surface area contributed by atoms with Crippen LogP contribution in [0.15, 0.2) is 41.4 Å². The largest absolute Gasteiger partial charge is 0.388 e. The fraction of sp³-hybridized carbons (Fsp3) is 0.167. The Hall–Kier alpha value is -1.33. The van der Waals surface area contributed by atoms with E-state index in [9.17, 15) is 9.50 Å². The standard InChI is InChI=1S/C12H10BrFN2O/c13-12-8(2-1-3-10(12)14)4-11(17)9-5-15-7-16-6-9/h1-3,5-7,11,17H,4H2. The molecule has 1 aromatic heterocycles. The zero-order valence-corrected chi connectivity index (χ0v) is 10.4. The van der Waals surface area contributed by atoms with E-state index in [0.29, 0.717) is 22.0 Å². The second-order valence-electron chi connectivity index (χ2n) is 3.60. The van der Waals surface area contributed by atoms with Crippen molar-refractivity contribution in [1.29, 1.82) is 0 Å². The predicted octanol–water partition coefficient (Wildman–Crippen LogP) is 2.65. The van der Waals surface area contributed by atoms with E-state index in [2.05, 4.69) is 25.9 Å². The number of halogens is 2. The lowest BCUT2D eigenvalue weighted by molar-refractivity contribution is 0.177. The van der Waals surface area contributed by atoms with Crippen LogP contribution in [0.5, 0.6) is 0 Å². The number of aliphatic hydroxyl groups excluding tert-OH is 1. The van der Waals surface area contributed by atoms with E-state index in [1.165, 1.54) is 12.4 Å². The predicted molar refractivity (Wildman–Crippen MR) is 64.8 cm³/mol. The number of aliphatic hydroxyl groups is 1. The molecule has 1 aromatic carbocycles. The van der Waals surface area contributed by atoms with Gasteiger partial charge in [-0.3, -0.25) is 0 Å². The average Bonchev–Trinajstić information content (AvgIpc) is 2.36. The van der Waals surface area contributed by atoms with Crippen LogP contribution < -0.4 is 0 Å². The second kappa shape index (κ2) is 5.33. The van der Waals surface area contributed by atoms with E-state index in [1.54, 1.807) is 24.5 Å². The molecule has 1 heterocycles. The Morgan fingerprint density at radius 2 is 2.00 bits per heavy atom. The van der Waals surface area contributed by atoms with E-state index < -0.39 is 6.10 Å². The van der Waals surface area contributed by atoms with Crippen molar-refractivity contribution in [2.45, 2.75) is 12.5 Å². The fourth-order valence-electron chi connectivity index (χ4n) is 1.51. The van der Waals surface area contributed by atoms with Crippen LogP contribution in [0.1, 0.15) is 17.2 Å². The summed E-state index contributed by atoms with van der Waals surface area (Å²) in [4.78, 5) is 7.66. The van der Waals surface area contributed by atoms with Gasteiger partial charge in [0.15, 0.2) is 0 Å². The molecule has 0 spiro atoms. The third kappa shape index (κ3) is 2.87. The van der Waals surface area contributed by atoms with Gasteiger partial charge in [0, 0.05) is 24.4 Å². The molecule has 1 unspecified atom stereocenters. The first-order valence-electron chi connectivity index (χ1n) is 5.04. The van der Waals surface area contributed by atoms with E-state index in [4.69, 9.17) is 0 Å². The molecule has 0 radical (unpaired) electrons. The third-order valence-corrected chi connectivity index (χ3v) is 3.30. The fourth-order valence-corrected chi connectivity index (χ4v) is 1.94. The zero-order chi connectivity index (χ0) is 12.3. The first kappa shape index (κ1) is 12.1. The first-order chi connectivity index (χ1) is 8.18. The Morgan fingerprint density at radius 1 is 1.29 bits per heavy atom. The molecular formula is C12H10BrFN2O. The van der Waals surface area contributed by atoms with Gasteiger partial charge in [-0.1, -0.05) is 12.1 Å². The molecule has 3 nitrogen and oxygen atoms in total. The second-order valence-corrected chi connectivity index (χ2v) is 4.40. The molecule has 0 saturated heterocycles. The number of hydrogen-bond donors (Lipinski definition) is 1. The summed E-state index contributed by atoms with van der Waals surface area (Å²) in [5.74, 6) is -0.334. The molecule has 0 amide bonds. The smallest absolute Gasteiger partial charge is 0.137 e. The van der Waals surface area contributed by atoms with Gasteiger partial charge in [0.1, 0.15) is 12.1 Å². The third-order valence-electron chi connectivity index (χ3n) is 2.41. The molecule has 1 atom stereocenters. The van der Waals surface area contributed by atoms with Gasteiger partial charge in [-0.15, -0.1) is 0 Å². The molecule has 0 aliphatic heterocycles. The lowest BCUT2D eigenvalue weighted by atomic mass is 10.0. The number of rotatable bonds is 3. The van der Waals surface area contributed by atoms with E-state index in [-0.39, 0.29) is 5.82 Å². The maximum Gasteiger partial charge on any atom is 0.137 e. The average molecular weight is 297 g/mol. The van der Waals surface area contributed by atoms with Crippen molar-refractivity contribution < 1.29 is 9.50 Å². The van der Waals surface area contributed by atoms with Crippen molar-refractivity contribution in [2.24, 2.45) is 0 Å². The highest BCUT2D eigenvalue weighted by Crippen LogP contribution is 2.25. The molecule has 0 saturated carbocycles. The summed E-state index contributed by atoms with van der Waals surface area (Å²) in [6.07, 6.45) is 4.06. The van der Waals surface area contributed by atoms with Crippen molar-refractivity contribution in [2.75, 3.05) is 0 Å². The molecule has 0 fully saturated rings. The first-order valence-corrected chi connectivity index (χ1v) is 5.83. The van der Waals surface area contributed by atoms with Crippen LogP contribution in [0.4, 0.5) is 4.39 Å². The Balaban J connectivity index is 2.19. The summed E-state index contributed by atoms with van der Waals surface area (Å²) in [6.45, 7) is 0. The number of nitrogens with zero attached hydrogens (tertiary/aromatic N) is 2. The van der Waals surface area contributed by atoms with Crippen LogP contribution in [-0.4, -0.2) is 15.1 Å². The van der Waals surface area contributed by atoms with Crippen molar-refractivity contribution in [3.8, 4) is 0 Å². The van der Waals surface area contributed by atoms with Crippen molar-refractivity contribution in [3.63, 3.8) is 0 Å². The number of aromatic nitrogens is 2. The molecular weight excluding hydrogens is 287 g/mol. The van der Waals surface area contributed by atoms with Gasteiger partial charge in [0.25, 0.3) is 0 Å². The summed E-state index contributed by atoms with van der Waals surface area (Å²) in [5, 5.41) is 9.97. The quantitative estimate of drug-likeness (QED) is 0.947. The molecule has 0 aliphatic rings. The molecule has 0 bridgehead atoms. The van der Waals surface area contributed by atoms with Crippen LogP contribution >= 0.6 is 15.9 Å². The Bertz CT molecular complexity index is 507. The SMILES string of the molecule is OC(Cc1cccc(F)c1Br)c1cncnc1. The molecule has 88 valence electrons. The highest BCUT2D eigenvalue weighted by Gasteiger charge is 2.12. The van der Waals surface area contributed by atoms with Gasteiger partial charge in [-0.05, 0) is 27.6 Å². The van der Waals surface area contributed by atoms with Crippen LogP contribution in [0.2, 0.25) is 0 Å². The topological polar surface area (TPSA) is 46.0 Å². The van der Waals surface area contributed by atoms with Crippen molar-refractivity contribution >= 4 is 15.9 Å². The minimum Gasteiger partial charge on any atom is -0.388 e. The number of benzene rings is 1. The normalized spacial score (nSPS) is 12.4. The molecule has 17 heavy (non-hydrogen) atoms. The highest BCUT2D eigenvalue weighted by molar-refractivity contribution is 9.10. The summed E-state index contributed by atoms with van der Waals surface area (Å²) in [6, 6.07) is 4.75. The van der Waals surface area contributed by atoms with Crippen molar-refractivity contribution in [3.05, 3.63) is 58.3 Å². The summed E-state index contributed by atoms with van der Waals surface area (Å²) in [5.41, 5.74) is 1.32. The van der Waals surface area contributed by atoms with Gasteiger partial charge < -0.3 is 5.11 Å². The zero-order valence-electron chi connectivity index (χ0n) is 8.85. The van der Waals surface area contributed by atoms with Crippen LogP contribution in [0.25, 0.3) is 0 Å². The lowest BCUT2D eigenvalue weighted by Crippen LogP contribution is -2.04. The van der Waals surface area contributed by atoms with Gasteiger partial charge in [-0.25, -0.2) is 14.4 Å². The van der Waals surface area contributed by atoms with Crippen LogP contribution in [-0.2, 0) is 6.42 Å². The Morgan fingerprint density at radius 3 is 2.71 bits per heavy atom. The van der Waals surface area contributed by atoms with Crippen molar-refractivity contribution in [1.82, 2.24) is 9.97 Å². The highest BCUT2D eigenvalue weighted by atomic mass is 79.9. The molecule has 2 aromatic rings. The summed E-state index contributed by atoms with van der Waals surface area (Å²) < 4.78 is 13.7. The van der Waals surface area contributed by atoms with E-state index in [0.717, 1.165) is 0 Å². The monoisotopic (exact) mass is 296 g/mol. The molecule has 1 N–H and O–H groups in total. The maximum atomic E-state index is 13.3. The van der Waals surface area contributed by atoms with Crippen LogP contribution in [0.3, 0.4) is 0 Å². The van der Waals surface area contributed by atoms with Gasteiger partial charge in [0.05, 0.1) is 10.6 Å². The Labute approximate surface area is 106 Å². The molecule has 2 rings (SSSR count). The maximum absolute atomic E-state index is 13.3.